The lowest BCUT2D eigenvalue weighted by Crippen LogP contribution is -2.49. The Morgan fingerprint density at radius 1 is 0.829 bits per heavy atom. The van der Waals surface area contributed by atoms with Crippen LogP contribution in [0.2, 0.25) is 0 Å². The second-order valence-electron chi connectivity index (χ2n) is 8.88. The Labute approximate surface area is 206 Å². The number of aliphatic hydroxyl groups excluding tert-OH is 1. The monoisotopic (exact) mass is 475 g/mol. The fourth-order valence-electron chi connectivity index (χ4n) is 4.76. The second-order valence-corrected chi connectivity index (χ2v) is 8.88. The van der Waals surface area contributed by atoms with E-state index in [9.17, 15) is 14.7 Å². The van der Waals surface area contributed by atoms with Crippen molar-refractivity contribution < 1.29 is 24.9 Å². The van der Waals surface area contributed by atoms with Gasteiger partial charge in [-0.2, -0.15) is 0 Å². The molecule has 1 fully saturated rings. The zero-order valence-electron chi connectivity index (χ0n) is 19.9. The number of likely N-dealkylation sites (tertiary alicyclic amines) is 1. The summed E-state index contributed by atoms with van der Waals surface area (Å²) in [6, 6.07) is 29.6. The molecule has 6 nitrogen and oxygen atoms in total. The first-order valence-electron chi connectivity index (χ1n) is 11.9. The Balaban J connectivity index is 0.000000214. The van der Waals surface area contributed by atoms with Crippen molar-refractivity contribution in [3.8, 4) is 0 Å². The Morgan fingerprint density at radius 2 is 1.29 bits per heavy atom. The molecule has 6 heteroatoms. The summed E-state index contributed by atoms with van der Waals surface area (Å²) in [4.78, 5) is 23.5. The first-order chi connectivity index (χ1) is 16.9. The normalized spacial score (nSPS) is 18.8. The van der Waals surface area contributed by atoms with E-state index in [1.807, 2.05) is 12.1 Å². The molecule has 0 spiro atoms. The number of nitrogens with zero attached hydrogens (tertiary/aromatic N) is 1. The molecule has 0 saturated carbocycles. The van der Waals surface area contributed by atoms with Crippen LogP contribution in [-0.2, 0) is 9.59 Å². The molecule has 184 valence electrons. The number of hydrogen-bond donors (Lipinski definition) is 3. The summed E-state index contributed by atoms with van der Waals surface area (Å²) in [5.41, 5.74) is 3.07. The van der Waals surface area contributed by atoms with Gasteiger partial charge in [-0.05, 0) is 43.1 Å². The molecule has 0 amide bonds. The van der Waals surface area contributed by atoms with Gasteiger partial charge in [-0.3, -0.25) is 14.5 Å². The highest BCUT2D eigenvalue weighted by atomic mass is 16.4. The lowest BCUT2D eigenvalue weighted by Gasteiger charge is -2.42. The number of likely N-dealkylation sites (N-methyl/N-ethyl adjacent to an activating group) is 1. The molecular weight excluding hydrogens is 442 g/mol. The number of rotatable bonds is 7. The van der Waals surface area contributed by atoms with E-state index in [1.165, 1.54) is 11.1 Å². The average Bonchev–Trinajstić information content (AvgIpc) is 2.86. The highest BCUT2D eigenvalue weighted by Gasteiger charge is 2.36. The fourth-order valence-corrected chi connectivity index (χ4v) is 4.76. The zero-order chi connectivity index (χ0) is 25.2. The molecule has 2 unspecified atom stereocenters. The van der Waals surface area contributed by atoms with Gasteiger partial charge in [0.05, 0.1) is 18.4 Å². The molecule has 0 bridgehead atoms. The van der Waals surface area contributed by atoms with E-state index < -0.39 is 17.9 Å². The maximum absolute atomic E-state index is 10.8. The number of carbonyl (C=O) groups is 2. The van der Waals surface area contributed by atoms with Crippen molar-refractivity contribution in [3.05, 3.63) is 108 Å². The molecule has 1 aliphatic rings. The maximum Gasteiger partial charge on any atom is 0.311 e. The van der Waals surface area contributed by atoms with Crippen LogP contribution in [-0.4, -0.2) is 57.9 Å². The van der Waals surface area contributed by atoms with Crippen LogP contribution in [0.1, 0.15) is 47.8 Å². The predicted octanol–water partition coefficient (Wildman–Crippen LogP) is 4.60. The van der Waals surface area contributed by atoms with Gasteiger partial charge in [0.2, 0.25) is 0 Å². The first kappa shape index (κ1) is 26.1. The van der Waals surface area contributed by atoms with E-state index >= 15 is 0 Å². The standard InChI is InChI=1S/C19H23NO.C10H10O4/c1-20-14-8-13-17(21)19(20)18(15-9-4-2-5-10-15)16-11-6-3-7-12-16;11-9(12)6-8(10(13)14)7-4-2-1-3-5-7/h2-7,9-12,17-19,21H,8,13-14H2,1H3;1-5,8H,6H2,(H,11,12)(H,13,14)/t;8-/m.1/s1. The van der Waals surface area contributed by atoms with Crippen LogP contribution in [0.15, 0.2) is 91.0 Å². The van der Waals surface area contributed by atoms with Gasteiger partial charge in [0, 0.05) is 12.0 Å². The lowest BCUT2D eigenvalue weighted by molar-refractivity contribution is -0.145. The summed E-state index contributed by atoms with van der Waals surface area (Å²) >= 11 is 0. The molecule has 0 radical (unpaired) electrons. The summed E-state index contributed by atoms with van der Waals surface area (Å²) in [7, 11) is 2.13. The molecule has 0 aliphatic carbocycles. The summed E-state index contributed by atoms with van der Waals surface area (Å²) in [5, 5.41) is 27.9. The molecule has 35 heavy (non-hydrogen) atoms. The molecule has 1 aliphatic heterocycles. The van der Waals surface area contributed by atoms with E-state index in [0.29, 0.717) is 5.56 Å². The van der Waals surface area contributed by atoms with Crippen molar-refractivity contribution >= 4 is 11.9 Å². The molecule has 4 rings (SSSR count). The number of aliphatic hydroxyl groups is 1. The van der Waals surface area contributed by atoms with Gasteiger partial charge < -0.3 is 15.3 Å². The van der Waals surface area contributed by atoms with Crippen LogP contribution in [0.4, 0.5) is 0 Å². The van der Waals surface area contributed by atoms with E-state index in [1.54, 1.807) is 30.3 Å². The fraction of sp³-hybridized carbons (Fsp3) is 0.310. The van der Waals surface area contributed by atoms with E-state index in [2.05, 4.69) is 60.5 Å². The van der Waals surface area contributed by atoms with E-state index in [4.69, 9.17) is 10.2 Å². The first-order valence-corrected chi connectivity index (χ1v) is 11.9. The number of hydrogen-bond acceptors (Lipinski definition) is 4. The van der Waals surface area contributed by atoms with E-state index in [0.717, 1.165) is 19.4 Å². The van der Waals surface area contributed by atoms with Crippen molar-refractivity contribution in [3.63, 3.8) is 0 Å². The summed E-state index contributed by atoms with van der Waals surface area (Å²) < 4.78 is 0. The third-order valence-electron chi connectivity index (χ3n) is 6.45. The van der Waals surface area contributed by atoms with Crippen LogP contribution in [0.3, 0.4) is 0 Å². The van der Waals surface area contributed by atoms with Gasteiger partial charge in [0.15, 0.2) is 0 Å². The Kier molecular flexibility index (Phi) is 9.58. The number of carboxylic acids is 2. The van der Waals surface area contributed by atoms with Crippen LogP contribution in [0.25, 0.3) is 0 Å². The molecule has 1 heterocycles. The number of carboxylic acid groups (broad SMARTS) is 2. The molecule has 1 saturated heterocycles. The molecular formula is C29H33NO5. The third kappa shape index (κ3) is 7.25. The van der Waals surface area contributed by atoms with Gasteiger partial charge in [0.1, 0.15) is 0 Å². The Morgan fingerprint density at radius 3 is 1.69 bits per heavy atom. The maximum atomic E-state index is 10.8. The lowest BCUT2D eigenvalue weighted by atomic mass is 9.79. The highest BCUT2D eigenvalue weighted by Crippen LogP contribution is 2.35. The van der Waals surface area contributed by atoms with Crippen LogP contribution >= 0.6 is 0 Å². The molecule has 3 aromatic rings. The van der Waals surface area contributed by atoms with Crippen LogP contribution in [0.5, 0.6) is 0 Å². The topological polar surface area (TPSA) is 98.1 Å². The average molecular weight is 476 g/mol. The van der Waals surface area contributed by atoms with Gasteiger partial charge in [-0.25, -0.2) is 0 Å². The Bertz CT molecular complexity index is 1010. The largest absolute Gasteiger partial charge is 0.481 e. The number of benzene rings is 3. The van der Waals surface area contributed by atoms with E-state index in [-0.39, 0.29) is 24.5 Å². The quantitative estimate of drug-likeness (QED) is 0.462. The van der Waals surface area contributed by atoms with Gasteiger partial charge in [0.25, 0.3) is 0 Å². The van der Waals surface area contributed by atoms with Crippen molar-refractivity contribution in [2.75, 3.05) is 13.6 Å². The van der Waals surface area contributed by atoms with Crippen molar-refractivity contribution in [1.29, 1.82) is 0 Å². The minimum atomic E-state index is -1.11. The summed E-state index contributed by atoms with van der Waals surface area (Å²) in [5.74, 6) is -2.97. The number of piperidine rings is 1. The van der Waals surface area contributed by atoms with Gasteiger partial charge >= 0.3 is 11.9 Å². The number of aliphatic carboxylic acids is 2. The van der Waals surface area contributed by atoms with Gasteiger partial charge in [-0.1, -0.05) is 91.0 Å². The Hall–Kier alpha value is -3.48. The van der Waals surface area contributed by atoms with Crippen molar-refractivity contribution in [2.45, 2.75) is 43.2 Å². The summed E-state index contributed by atoms with van der Waals surface area (Å²) in [6.07, 6.45) is 1.31. The minimum Gasteiger partial charge on any atom is -0.481 e. The molecule has 3 atom stereocenters. The van der Waals surface area contributed by atoms with Gasteiger partial charge in [-0.15, -0.1) is 0 Å². The predicted molar refractivity (Wildman–Crippen MR) is 135 cm³/mol. The SMILES string of the molecule is CN1CCCC(O)C1C(c1ccccc1)c1ccccc1.O=C(O)C[C@@H](C(=O)O)c1ccccc1. The van der Waals surface area contributed by atoms with Crippen LogP contribution < -0.4 is 0 Å². The molecule has 3 aromatic carbocycles. The summed E-state index contributed by atoms with van der Waals surface area (Å²) in [6.45, 7) is 1.05. The smallest absolute Gasteiger partial charge is 0.311 e. The second kappa shape index (κ2) is 12.8. The molecule has 3 N–H and O–H groups in total. The van der Waals surface area contributed by atoms with Crippen LogP contribution in [0, 0.1) is 0 Å². The minimum absolute atomic E-state index is 0.142. The third-order valence-corrected chi connectivity index (χ3v) is 6.45. The zero-order valence-corrected chi connectivity index (χ0v) is 19.9. The van der Waals surface area contributed by atoms with Crippen molar-refractivity contribution in [2.24, 2.45) is 0 Å². The van der Waals surface area contributed by atoms with Crippen molar-refractivity contribution in [1.82, 2.24) is 4.90 Å². The highest BCUT2D eigenvalue weighted by molar-refractivity contribution is 5.82. The molecule has 0 aromatic heterocycles.